The molecule has 3 nitrogen and oxygen atoms in total. The Morgan fingerprint density at radius 2 is 2.00 bits per heavy atom. The molecule has 1 aliphatic rings. The average molecular weight is 234 g/mol. The standard InChI is InChI=1S/C12H14N2OS/c1-12(10(15)13-11(16)14-12)8-7-9-5-3-2-4-6-9/h2-6H,7-8H2,1H3,(H2,13,14,15,16). The Kier molecular flexibility index (Phi) is 2.92. The molecule has 2 rings (SSSR count). The largest absolute Gasteiger partial charge is 0.348 e. The smallest absolute Gasteiger partial charge is 0.251 e. The van der Waals surface area contributed by atoms with E-state index in [4.69, 9.17) is 12.2 Å². The highest BCUT2D eigenvalue weighted by Gasteiger charge is 2.39. The van der Waals surface area contributed by atoms with Crippen LogP contribution in [0.2, 0.25) is 0 Å². The Hall–Kier alpha value is -1.42. The van der Waals surface area contributed by atoms with E-state index in [1.54, 1.807) is 0 Å². The molecular formula is C12H14N2OS. The number of carbonyl (C=O) groups is 1. The van der Waals surface area contributed by atoms with Crippen molar-refractivity contribution in [1.29, 1.82) is 0 Å². The van der Waals surface area contributed by atoms with Crippen LogP contribution in [0.4, 0.5) is 0 Å². The minimum Gasteiger partial charge on any atom is -0.348 e. The summed E-state index contributed by atoms with van der Waals surface area (Å²) in [6.07, 6.45) is 1.60. The molecule has 1 aromatic carbocycles. The number of rotatable bonds is 3. The van der Waals surface area contributed by atoms with Gasteiger partial charge in [-0.3, -0.25) is 4.79 Å². The van der Waals surface area contributed by atoms with Gasteiger partial charge in [0.25, 0.3) is 5.91 Å². The molecule has 4 heteroatoms. The quantitative estimate of drug-likeness (QED) is 0.776. The van der Waals surface area contributed by atoms with Crippen molar-refractivity contribution >= 4 is 23.2 Å². The van der Waals surface area contributed by atoms with Crippen LogP contribution in [0.5, 0.6) is 0 Å². The van der Waals surface area contributed by atoms with Gasteiger partial charge in [-0.15, -0.1) is 0 Å². The van der Waals surface area contributed by atoms with Gasteiger partial charge in [-0.25, -0.2) is 0 Å². The van der Waals surface area contributed by atoms with Gasteiger partial charge in [0.1, 0.15) is 5.54 Å². The van der Waals surface area contributed by atoms with Crippen molar-refractivity contribution in [3.8, 4) is 0 Å². The van der Waals surface area contributed by atoms with E-state index in [2.05, 4.69) is 22.8 Å². The van der Waals surface area contributed by atoms with E-state index in [-0.39, 0.29) is 5.91 Å². The molecule has 0 aliphatic carbocycles. The molecule has 1 atom stereocenters. The second kappa shape index (κ2) is 4.22. The fourth-order valence-corrected chi connectivity index (χ4v) is 2.11. The van der Waals surface area contributed by atoms with Crippen LogP contribution in [0.25, 0.3) is 0 Å². The maximum absolute atomic E-state index is 11.7. The Balaban J connectivity index is 2.00. The predicted molar refractivity (Wildman–Crippen MR) is 67.0 cm³/mol. The fraction of sp³-hybridized carbons (Fsp3) is 0.333. The molecule has 84 valence electrons. The summed E-state index contributed by atoms with van der Waals surface area (Å²) in [5.41, 5.74) is 0.670. The van der Waals surface area contributed by atoms with Crippen molar-refractivity contribution < 1.29 is 4.79 Å². The van der Waals surface area contributed by atoms with Crippen molar-refractivity contribution in [2.45, 2.75) is 25.3 Å². The summed E-state index contributed by atoms with van der Waals surface area (Å²) in [5.74, 6) is -0.0339. The first-order valence-corrected chi connectivity index (χ1v) is 5.68. The number of hydrogen-bond acceptors (Lipinski definition) is 2. The molecule has 0 radical (unpaired) electrons. The zero-order chi connectivity index (χ0) is 11.6. The van der Waals surface area contributed by atoms with Crippen LogP contribution in [0.1, 0.15) is 18.9 Å². The molecule has 0 spiro atoms. The van der Waals surface area contributed by atoms with Crippen molar-refractivity contribution in [2.24, 2.45) is 0 Å². The Labute approximate surface area is 100 Å². The Bertz CT molecular complexity index is 418. The third kappa shape index (κ3) is 2.22. The highest BCUT2D eigenvalue weighted by molar-refractivity contribution is 7.80. The van der Waals surface area contributed by atoms with Crippen LogP contribution >= 0.6 is 12.2 Å². The fourth-order valence-electron chi connectivity index (χ4n) is 1.79. The third-order valence-electron chi connectivity index (χ3n) is 2.87. The van der Waals surface area contributed by atoms with Crippen LogP contribution in [0, 0.1) is 0 Å². The maximum Gasteiger partial charge on any atom is 0.251 e. The van der Waals surface area contributed by atoms with Crippen LogP contribution in [-0.2, 0) is 11.2 Å². The molecule has 1 aliphatic heterocycles. The van der Waals surface area contributed by atoms with E-state index < -0.39 is 5.54 Å². The monoisotopic (exact) mass is 234 g/mol. The highest BCUT2D eigenvalue weighted by Crippen LogP contribution is 2.17. The Morgan fingerprint density at radius 3 is 2.56 bits per heavy atom. The van der Waals surface area contributed by atoms with E-state index in [1.807, 2.05) is 25.1 Å². The highest BCUT2D eigenvalue weighted by atomic mass is 32.1. The first-order chi connectivity index (χ1) is 7.60. The number of carbonyl (C=O) groups excluding carboxylic acids is 1. The lowest BCUT2D eigenvalue weighted by Gasteiger charge is -2.20. The average Bonchev–Trinajstić information content (AvgIpc) is 2.52. The summed E-state index contributed by atoms with van der Waals surface area (Å²) < 4.78 is 0. The van der Waals surface area contributed by atoms with Gasteiger partial charge < -0.3 is 10.6 Å². The van der Waals surface area contributed by atoms with Crippen molar-refractivity contribution in [2.75, 3.05) is 0 Å². The van der Waals surface area contributed by atoms with E-state index in [1.165, 1.54) is 5.56 Å². The van der Waals surface area contributed by atoms with E-state index in [0.717, 1.165) is 12.8 Å². The van der Waals surface area contributed by atoms with E-state index in [9.17, 15) is 4.79 Å². The summed E-state index contributed by atoms with van der Waals surface area (Å²) in [5, 5.41) is 6.08. The number of aryl methyl sites for hydroxylation is 1. The molecule has 1 saturated heterocycles. The zero-order valence-electron chi connectivity index (χ0n) is 9.12. The van der Waals surface area contributed by atoms with E-state index >= 15 is 0 Å². The number of benzene rings is 1. The van der Waals surface area contributed by atoms with Gasteiger partial charge in [0.2, 0.25) is 0 Å². The normalized spacial score (nSPS) is 24.1. The number of thiocarbonyl (C=S) groups is 1. The van der Waals surface area contributed by atoms with Gasteiger partial charge in [0, 0.05) is 0 Å². The SMILES string of the molecule is CC1(CCc2ccccc2)NC(=S)NC1=O. The van der Waals surface area contributed by atoms with E-state index in [0.29, 0.717) is 5.11 Å². The minimum atomic E-state index is -0.563. The molecule has 16 heavy (non-hydrogen) atoms. The van der Waals surface area contributed by atoms with Crippen LogP contribution in [-0.4, -0.2) is 16.6 Å². The number of amides is 1. The molecule has 0 aromatic heterocycles. The van der Waals surface area contributed by atoms with Crippen LogP contribution in [0.3, 0.4) is 0 Å². The molecule has 2 N–H and O–H groups in total. The maximum atomic E-state index is 11.7. The predicted octanol–water partition coefficient (Wildman–Crippen LogP) is 1.38. The number of hydrogen-bond donors (Lipinski definition) is 2. The van der Waals surface area contributed by atoms with Gasteiger partial charge in [-0.2, -0.15) is 0 Å². The van der Waals surface area contributed by atoms with Gasteiger partial charge in [0.05, 0.1) is 0 Å². The molecule has 1 heterocycles. The second-order valence-electron chi connectivity index (χ2n) is 4.23. The molecule has 1 unspecified atom stereocenters. The summed E-state index contributed by atoms with van der Waals surface area (Å²) in [6.45, 7) is 1.88. The summed E-state index contributed by atoms with van der Waals surface area (Å²) >= 11 is 4.93. The third-order valence-corrected chi connectivity index (χ3v) is 3.08. The summed E-state index contributed by atoms with van der Waals surface area (Å²) in [7, 11) is 0. The van der Waals surface area contributed by atoms with Gasteiger partial charge in [-0.1, -0.05) is 30.3 Å². The lowest BCUT2D eigenvalue weighted by molar-refractivity contribution is -0.123. The first kappa shape index (κ1) is 11.1. The summed E-state index contributed by atoms with van der Waals surface area (Å²) in [4.78, 5) is 11.7. The zero-order valence-corrected chi connectivity index (χ0v) is 9.93. The molecule has 1 aromatic rings. The molecule has 0 saturated carbocycles. The summed E-state index contributed by atoms with van der Waals surface area (Å²) in [6, 6.07) is 10.1. The van der Waals surface area contributed by atoms with Crippen molar-refractivity contribution in [3.05, 3.63) is 35.9 Å². The van der Waals surface area contributed by atoms with Gasteiger partial charge >= 0.3 is 0 Å². The lowest BCUT2D eigenvalue weighted by Crippen LogP contribution is -2.43. The van der Waals surface area contributed by atoms with Gasteiger partial charge in [-0.05, 0) is 37.5 Å². The number of nitrogens with one attached hydrogen (secondary N) is 2. The topological polar surface area (TPSA) is 41.1 Å². The van der Waals surface area contributed by atoms with Crippen molar-refractivity contribution in [1.82, 2.24) is 10.6 Å². The molecule has 0 bridgehead atoms. The Morgan fingerprint density at radius 1 is 1.31 bits per heavy atom. The van der Waals surface area contributed by atoms with Gasteiger partial charge in [0.15, 0.2) is 5.11 Å². The minimum absolute atomic E-state index is 0.0339. The lowest BCUT2D eigenvalue weighted by atomic mass is 9.93. The molecular weight excluding hydrogens is 220 g/mol. The van der Waals surface area contributed by atoms with Crippen molar-refractivity contribution in [3.63, 3.8) is 0 Å². The van der Waals surface area contributed by atoms with Crippen LogP contribution in [0.15, 0.2) is 30.3 Å². The molecule has 1 amide bonds. The van der Waals surface area contributed by atoms with Crippen LogP contribution < -0.4 is 10.6 Å². The molecule has 1 fully saturated rings. The second-order valence-corrected chi connectivity index (χ2v) is 4.63. The first-order valence-electron chi connectivity index (χ1n) is 5.28.